The third-order valence-electron chi connectivity index (χ3n) is 3.39. The van der Waals surface area contributed by atoms with Gasteiger partial charge in [0.2, 0.25) is 0 Å². The van der Waals surface area contributed by atoms with Crippen LogP contribution in [0.3, 0.4) is 0 Å². The second kappa shape index (κ2) is 7.82. The molecule has 4 nitrogen and oxygen atoms in total. The molecule has 0 atom stereocenters. The molecular weight excluding hydrogens is 248 g/mol. The van der Waals surface area contributed by atoms with Gasteiger partial charge in [-0.05, 0) is 32.6 Å². The van der Waals surface area contributed by atoms with E-state index in [0.717, 1.165) is 32.6 Å². The summed E-state index contributed by atoms with van der Waals surface area (Å²) in [4.78, 5) is 6.58. The first-order valence-corrected chi connectivity index (χ1v) is 7.15. The SMILES string of the molecule is CNCc1cncn1CCCN(C)Cc1ccccc1. The second-order valence-corrected chi connectivity index (χ2v) is 5.19. The quantitative estimate of drug-likeness (QED) is 0.799. The van der Waals surface area contributed by atoms with Gasteiger partial charge in [0.1, 0.15) is 0 Å². The van der Waals surface area contributed by atoms with Crippen molar-refractivity contribution in [3.63, 3.8) is 0 Å². The smallest absolute Gasteiger partial charge is 0.0948 e. The van der Waals surface area contributed by atoms with E-state index in [9.17, 15) is 0 Å². The summed E-state index contributed by atoms with van der Waals surface area (Å²) in [5, 5.41) is 3.17. The maximum absolute atomic E-state index is 4.22. The standard InChI is InChI=1S/C16H24N4/c1-17-11-16-12-18-14-20(16)10-6-9-19(2)13-15-7-4-3-5-8-15/h3-5,7-8,12,14,17H,6,9-11,13H2,1-2H3. The Morgan fingerprint density at radius 2 is 2.05 bits per heavy atom. The van der Waals surface area contributed by atoms with Crippen LogP contribution in [0.1, 0.15) is 17.7 Å². The Morgan fingerprint density at radius 3 is 2.80 bits per heavy atom. The van der Waals surface area contributed by atoms with Crippen molar-refractivity contribution in [1.29, 1.82) is 0 Å². The first-order chi connectivity index (χ1) is 9.79. The monoisotopic (exact) mass is 272 g/mol. The summed E-state index contributed by atoms with van der Waals surface area (Å²) in [7, 11) is 4.14. The zero-order valence-electron chi connectivity index (χ0n) is 12.4. The molecule has 1 aromatic carbocycles. The molecule has 0 aliphatic rings. The molecule has 108 valence electrons. The molecule has 0 aliphatic carbocycles. The highest BCUT2D eigenvalue weighted by Crippen LogP contribution is 2.05. The fourth-order valence-electron chi connectivity index (χ4n) is 2.36. The molecule has 1 aromatic heterocycles. The highest BCUT2D eigenvalue weighted by Gasteiger charge is 2.03. The Labute approximate surface area is 121 Å². The summed E-state index contributed by atoms with van der Waals surface area (Å²) in [5.74, 6) is 0. The molecule has 0 saturated heterocycles. The van der Waals surface area contributed by atoms with Crippen LogP contribution in [-0.2, 0) is 19.6 Å². The van der Waals surface area contributed by atoms with Gasteiger partial charge in [0.15, 0.2) is 0 Å². The van der Waals surface area contributed by atoms with E-state index < -0.39 is 0 Å². The number of imidazole rings is 1. The van der Waals surface area contributed by atoms with Gasteiger partial charge in [0, 0.05) is 25.8 Å². The fraction of sp³-hybridized carbons (Fsp3) is 0.438. The number of aryl methyl sites for hydroxylation is 1. The number of benzene rings is 1. The van der Waals surface area contributed by atoms with E-state index in [-0.39, 0.29) is 0 Å². The lowest BCUT2D eigenvalue weighted by Crippen LogP contribution is -2.21. The number of nitrogens with zero attached hydrogens (tertiary/aromatic N) is 3. The predicted octanol–water partition coefficient (Wildman–Crippen LogP) is 2.12. The third kappa shape index (κ3) is 4.47. The summed E-state index contributed by atoms with van der Waals surface area (Å²) < 4.78 is 2.23. The number of aromatic nitrogens is 2. The molecule has 2 aromatic rings. The van der Waals surface area contributed by atoms with Crippen LogP contribution in [0.5, 0.6) is 0 Å². The highest BCUT2D eigenvalue weighted by molar-refractivity contribution is 5.14. The fourth-order valence-corrected chi connectivity index (χ4v) is 2.36. The van der Waals surface area contributed by atoms with E-state index >= 15 is 0 Å². The first-order valence-electron chi connectivity index (χ1n) is 7.15. The minimum absolute atomic E-state index is 0.875. The van der Waals surface area contributed by atoms with E-state index in [0.29, 0.717) is 0 Å². The third-order valence-corrected chi connectivity index (χ3v) is 3.39. The van der Waals surface area contributed by atoms with Gasteiger partial charge in [-0.1, -0.05) is 30.3 Å². The lowest BCUT2D eigenvalue weighted by molar-refractivity contribution is 0.313. The topological polar surface area (TPSA) is 33.1 Å². The minimum Gasteiger partial charge on any atom is -0.333 e. The minimum atomic E-state index is 0.875. The Balaban J connectivity index is 1.73. The number of hydrogen-bond donors (Lipinski definition) is 1. The molecule has 0 spiro atoms. The number of rotatable bonds is 8. The average molecular weight is 272 g/mol. The average Bonchev–Trinajstić information content (AvgIpc) is 2.88. The Kier molecular flexibility index (Phi) is 5.77. The summed E-state index contributed by atoms with van der Waals surface area (Å²) in [6.07, 6.45) is 4.99. The van der Waals surface area contributed by atoms with Gasteiger partial charge in [0.25, 0.3) is 0 Å². The molecule has 20 heavy (non-hydrogen) atoms. The van der Waals surface area contributed by atoms with Crippen molar-refractivity contribution in [3.8, 4) is 0 Å². The molecule has 1 N–H and O–H groups in total. The van der Waals surface area contributed by atoms with E-state index in [1.165, 1.54) is 11.3 Å². The molecule has 2 rings (SSSR count). The van der Waals surface area contributed by atoms with Crippen LogP contribution < -0.4 is 5.32 Å². The molecule has 0 saturated carbocycles. The number of nitrogens with one attached hydrogen (secondary N) is 1. The second-order valence-electron chi connectivity index (χ2n) is 5.19. The van der Waals surface area contributed by atoms with Crippen molar-refractivity contribution in [2.75, 3.05) is 20.6 Å². The van der Waals surface area contributed by atoms with Gasteiger partial charge in [-0.2, -0.15) is 0 Å². The zero-order valence-corrected chi connectivity index (χ0v) is 12.4. The molecule has 4 heteroatoms. The zero-order chi connectivity index (χ0) is 14.2. The van der Waals surface area contributed by atoms with Crippen LogP contribution in [-0.4, -0.2) is 35.1 Å². The van der Waals surface area contributed by atoms with Crippen LogP contribution in [0.4, 0.5) is 0 Å². The van der Waals surface area contributed by atoms with Crippen molar-refractivity contribution < 1.29 is 0 Å². The largest absolute Gasteiger partial charge is 0.333 e. The van der Waals surface area contributed by atoms with Gasteiger partial charge in [0.05, 0.1) is 12.0 Å². The lowest BCUT2D eigenvalue weighted by Gasteiger charge is -2.17. The van der Waals surface area contributed by atoms with Crippen molar-refractivity contribution in [1.82, 2.24) is 19.8 Å². The molecule has 0 unspecified atom stereocenters. The maximum Gasteiger partial charge on any atom is 0.0948 e. The summed E-state index contributed by atoms with van der Waals surface area (Å²) in [5.41, 5.74) is 2.62. The van der Waals surface area contributed by atoms with Crippen molar-refractivity contribution in [2.45, 2.75) is 26.1 Å². The molecule has 1 heterocycles. The van der Waals surface area contributed by atoms with Gasteiger partial charge < -0.3 is 14.8 Å². The highest BCUT2D eigenvalue weighted by atomic mass is 15.1. The Bertz CT molecular complexity index is 492. The molecule has 0 radical (unpaired) electrons. The maximum atomic E-state index is 4.22. The van der Waals surface area contributed by atoms with Gasteiger partial charge in [-0.15, -0.1) is 0 Å². The van der Waals surface area contributed by atoms with Crippen LogP contribution in [0.25, 0.3) is 0 Å². The van der Waals surface area contributed by atoms with E-state index in [2.05, 4.69) is 57.1 Å². The summed E-state index contributed by atoms with van der Waals surface area (Å²) >= 11 is 0. The Hall–Kier alpha value is -1.65. The summed E-state index contributed by atoms with van der Waals surface area (Å²) in [6.45, 7) is 4.00. The molecule has 0 bridgehead atoms. The van der Waals surface area contributed by atoms with Crippen molar-refractivity contribution in [2.24, 2.45) is 0 Å². The lowest BCUT2D eigenvalue weighted by atomic mass is 10.2. The first kappa shape index (κ1) is 14.8. The van der Waals surface area contributed by atoms with Crippen LogP contribution >= 0.6 is 0 Å². The van der Waals surface area contributed by atoms with E-state index in [1.807, 2.05) is 19.6 Å². The molecule has 0 fully saturated rings. The van der Waals surface area contributed by atoms with Crippen molar-refractivity contribution in [3.05, 3.63) is 54.1 Å². The van der Waals surface area contributed by atoms with Gasteiger partial charge in [-0.3, -0.25) is 0 Å². The molecule has 0 amide bonds. The molecular formula is C16H24N4. The predicted molar refractivity (Wildman–Crippen MR) is 82.4 cm³/mol. The van der Waals surface area contributed by atoms with E-state index in [1.54, 1.807) is 0 Å². The van der Waals surface area contributed by atoms with Crippen molar-refractivity contribution >= 4 is 0 Å². The number of hydrogen-bond acceptors (Lipinski definition) is 3. The van der Waals surface area contributed by atoms with Crippen LogP contribution in [0.2, 0.25) is 0 Å². The molecule has 0 aliphatic heterocycles. The van der Waals surface area contributed by atoms with Crippen LogP contribution in [0.15, 0.2) is 42.9 Å². The summed E-state index contributed by atoms with van der Waals surface area (Å²) in [6, 6.07) is 10.6. The van der Waals surface area contributed by atoms with Gasteiger partial charge >= 0.3 is 0 Å². The Morgan fingerprint density at radius 1 is 1.25 bits per heavy atom. The normalized spacial score (nSPS) is 11.2. The van der Waals surface area contributed by atoms with E-state index in [4.69, 9.17) is 0 Å². The van der Waals surface area contributed by atoms with Crippen LogP contribution in [0, 0.1) is 0 Å². The van der Waals surface area contributed by atoms with Gasteiger partial charge in [-0.25, -0.2) is 4.98 Å².